The number of hydrogen-bond donors (Lipinski definition) is 0. The summed E-state index contributed by atoms with van der Waals surface area (Å²) in [6.45, 7) is 0. The molecule has 1 aromatic carbocycles. The van der Waals surface area contributed by atoms with E-state index >= 15 is 0 Å². The van der Waals surface area contributed by atoms with Crippen LogP contribution in [0.25, 0.3) is 11.1 Å². The zero-order valence-corrected chi connectivity index (χ0v) is 7.25. The van der Waals surface area contributed by atoms with Gasteiger partial charge in [-0.15, -0.1) is 0 Å². The van der Waals surface area contributed by atoms with E-state index in [0.717, 1.165) is 0 Å². The number of rotatable bonds is 1. The largest absolute Gasteiger partial charge is 0.344 e. The Hall–Kier alpha value is -1.35. The van der Waals surface area contributed by atoms with Crippen molar-refractivity contribution in [1.29, 1.82) is 0 Å². The maximum atomic E-state index is 13.2. The molecule has 0 aliphatic rings. The Kier molecular flexibility index (Phi) is 2.02. The normalized spacial score (nSPS) is 10.3. The average molecular weight is 198 g/mol. The zero-order valence-electron chi connectivity index (χ0n) is 6.50. The van der Waals surface area contributed by atoms with Gasteiger partial charge in [-0.1, -0.05) is 23.4 Å². The molecule has 0 amide bonds. The monoisotopic (exact) mass is 197 g/mol. The van der Waals surface area contributed by atoms with Gasteiger partial charge in [0.15, 0.2) is 0 Å². The SMILES string of the molecule is Fc1ccccc1-c1cnoc1Cl. The van der Waals surface area contributed by atoms with E-state index in [1.54, 1.807) is 18.2 Å². The molecule has 0 saturated heterocycles. The van der Waals surface area contributed by atoms with Crippen LogP contribution in [0, 0.1) is 5.82 Å². The van der Waals surface area contributed by atoms with Crippen molar-refractivity contribution in [3.63, 3.8) is 0 Å². The van der Waals surface area contributed by atoms with Crippen molar-refractivity contribution < 1.29 is 8.91 Å². The molecule has 0 unspecified atom stereocenters. The second-order valence-corrected chi connectivity index (χ2v) is 2.84. The Morgan fingerprint density at radius 1 is 1.23 bits per heavy atom. The number of hydrogen-bond acceptors (Lipinski definition) is 2. The Bertz CT molecular complexity index is 427. The Morgan fingerprint density at radius 2 is 2.00 bits per heavy atom. The van der Waals surface area contributed by atoms with Crippen molar-refractivity contribution in [2.75, 3.05) is 0 Å². The molecule has 66 valence electrons. The molecule has 0 fully saturated rings. The van der Waals surface area contributed by atoms with Gasteiger partial charge in [-0.2, -0.15) is 0 Å². The minimum Gasteiger partial charge on any atom is -0.344 e. The van der Waals surface area contributed by atoms with Crippen molar-refractivity contribution in [3.8, 4) is 11.1 Å². The van der Waals surface area contributed by atoms with Crippen LogP contribution in [-0.2, 0) is 0 Å². The van der Waals surface area contributed by atoms with E-state index < -0.39 is 0 Å². The van der Waals surface area contributed by atoms with Crippen LogP contribution < -0.4 is 0 Å². The van der Waals surface area contributed by atoms with E-state index in [2.05, 4.69) is 9.68 Å². The van der Waals surface area contributed by atoms with Crippen molar-refractivity contribution in [2.24, 2.45) is 0 Å². The van der Waals surface area contributed by atoms with Gasteiger partial charge in [0, 0.05) is 5.56 Å². The zero-order chi connectivity index (χ0) is 9.26. The Balaban J connectivity index is 2.59. The molecule has 0 spiro atoms. The summed E-state index contributed by atoms with van der Waals surface area (Å²) >= 11 is 5.65. The van der Waals surface area contributed by atoms with Crippen LogP contribution in [0.4, 0.5) is 4.39 Å². The fourth-order valence-electron chi connectivity index (χ4n) is 1.08. The fraction of sp³-hybridized carbons (Fsp3) is 0. The maximum Gasteiger partial charge on any atom is 0.233 e. The predicted molar refractivity (Wildman–Crippen MR) is 46.9 cm³/mol. The molecule has 13 heavy (non-hydrogen) atoms. The third-order valence-electron chi connectivity index (χ3n) is 1.69. The highest BCUT2D eigenvalue weighted by molar-refractivity contribution is 6.31. The Morgan fingerprint density at radius 3 is 2.62 bits per heavy atom. The number of nitrogens with zero attached hydrogens (tertiary/aromatic N) is 1. The maximum absolute atomic E-state index is 13.2. The highest BCUT2D eigenvalue weighted by Crippen LogP contribution is 2.28. The number of benzene rings is 1. The molecule has 2 nitrogen and oxygen atoms in total. The quantitative estimate of drug-likeness (QED) is 0.702. The summed E-state index contributed by atoms with van der Waals surface area (Å²) in [4.78, 5) is 0. The van der Waals surface area contributed by atoms with Gasteiger partial charge in [-0.3, -0.25) is 0 Å². The van der Waals surface area contributed by atoms with Crippen molar-refractivity contribution in [2.45, 2.75) is 0 Å². The summed E-state index contributed by atoms with van der Waals surface area (Å²) in [5, 5.41) is 3.57. The van der Waals surface area contributed by atoms with E-state index in [1.807, 2.05) is 0 Å². The molecule has 0 N–H and O–H groups in total. The van der Waals surface area contributed by atoms with Crippen molar-refractivity contribution >= 4 is 11.6 Å². The standard InChI is InChI=1S/C9H5ClFNO/c10-9-7(5-12-13-9)6-3-1-2-4-8(6)11/h1-5H. The summed E-state index contributed by atoms with van der Waals surface area (Å²) < 4.78 is 17.8. The predicted octanol–water partition coefficient (Wildman–Crippen LogP) is 3.13. The molecule has 2 rings (SSSR count). The smallest absolute Gasteiger partial charge is 0.233 e. The first-order valence-electron chi connectivity index (χ1n) is 3.64. The molecular formula is C9H5ClFNO. The van der Waals surface area contributed by atoms with Gasteiger partial charge in [0.1, 0.15) is 5.82 Å². The van der Waals surface area contributed by atoms with Crippen molar-refractivity contribution in [1.82, 2.24) is 5.16 Å². The van der Waals surface area contributed by atoms with E-state index in [0.29, 0.717) is 11.1 Å². The van der Waals surface area contributed by atoms with Crippen LogP contribution in [0.15, 0.2) is 35.0 Å². The number of aromatic nitrogens is 1. The van der Waals surface area contributed by atoms with Crippen molar-refractivity contribution in [3.05, 3.63) is 41.5 Å². The average Bonchev–Trinajstić information content (AvgIpc) is 2.52. The van der Waals surface area contributed by atoms with E-state index in [-0.39, 0.29) is 11.0 Å². The molecule has 0 bridgehead atoms. The first-order chi connectivity index (χ1) is 6.29. The summed E-state index contributed by atoms with van der Waals surface area (Å²) in [7, 11) is 0. The lowest BCUT2D eigenvalue weighted by atomic mass is 10.1. The van der Waals surface area contributed by atoms with Crippen LogP contribution in [0.1, 0.15) is 0 Å². The third-order valence-corrected chi connectivity index (χ3v) is 1.96. The van der Waals surface area contributed by atoms with Gasteiger partial charge < -0.3 is 4.52 Å². The summed E-state index contributed by atoms with van der Waals surface area (Å²) in [5.74, 6) is -0.340. The van der Waals surface area contributed by atoms with Gasteiger partial charge in [0.05, 0.1) is 11.8 Å². The third kappa shape index (κ3) is 1.42. The van der Waals surface area contributed by atoms with Gasteiger partial charge in [-0.25, -0.2) is 4.39 Å². The first-order valence-corrected chi connectivity index (χ1v) is 4.02. The molecule has 0 saturated carbocycles. The fourth-order valence-corrected chi connectivity index (χ4v) is 1.27. The van der Waals surface area contributed by atoms with Gasteiger partial charge in [0.2, 0.25) is 5.22 Å². The minimum absolute atomic E-state index is 0.102. The molecule has 2 aromatic rings. The molecule has 0 aliphatic heterocycles. The molecule has 0 aliphatic carbocycles. The van der Waals surface area contributed by atoms with Gasteiger partial charge in [0.25, 0.3) is 0 Å². The molecule has 1 aromatic heterocycles. The lowest BCUT2D eigenvalue weighted by Crippen LogP contribution is -1.80. The molecular weight excluding hydrogens is 193 g/mol. The van der Waals surface area contributed by atoms with Crippen LogP contribution in [0.2, 0.25) is 5.22 Å². The van der Waals surface area contributed by atoms with Crippen LogP contribution in [0.3, 0.4) is 0 Å². The van der Waals surface area contributed by atoms with Crippen LogP contribution >= 0.6 is 11.6 Å². The van der Waals surface area contributed by atoms with E-state index in [1.165, 1.54) is 12.3 Å². The molecule has 0 atom stereocenters. The lowest BCUT2D eigenvalue weighted by Gasteiger charge is -1.97. The minimum atomic E-state index is -0.340. The van der Waals surface area contributed by atoms with Crippen LogP contribution in [0.5, 0.6) is 0 Å². The second-order valence-electron chi connectivity index (χ2n) is 2.49. The summed E-state index contributed by atoms with van der Waals surface area (Å²) in [5.41, 5.74) is 0.869. The highest BCUT2D eigenvalue weighted by atomic mass is 35.5. The van der Waals surface area contributed by atoms with Gasteiger partial charge in [-0.05, 0) is 17.7 Å². The molecule has 1 heterocycles. The second kappa shape index (κ2) is 3.18. The molecule has 4 heteroatoms. The van der Waals surface area contributed by atoms with E-state index in [4.69, 9.17) is 11.6 Å². The summed E-state index contributed by atoms with van der Waals surface area (Å²) in [6, 6.07) is 6.31. The Labute approximate surface area is 78.9 Å². The van der Waals surface area contributed by atoms with E-state index in [9.17, 15) is 4.39 Å². The first kappa shape index (κ1) is 8.26. The number of halogens is 2. The lowest BCUT2D eigenvalue weighted by molar-refractivity contribution is 0.422. The summed E-state index contributed by atoms with van der Waals surface area (Å²) in [6.07, 6.45) is 1.39. The van der Waals surface area contributed by atoms with Crippen LogP contribution in [-0.4, -0.2) is 5.16 Å². The highest BCUT2D eigenvalue weighted by Gasteiger charge is 2.11. The van der Waals surface area contributed by atoms with Gasteiger partial charge >= 0.3 is 0 Å². The molecule has 0 radical (unpaired) electrons. The topological polar surface area (TPSA) is 26.0 Å².